The second kappa shape index (κ2) is 12.8. The largest absolute Gasteiger partial charge is 0.462 e. The van der Waals surface area contributed by atoms with Gasteiger partial charge in [-0.25, -0.2) is 0 Å². The van der Waals surface area contributed by atoms with Crippen LogP contribution in [-0.2, 0) is 19.7 Å². The molecular weight excluding hydrogens is 684 g/mol. The number of fused-ring (bicyclic) bond motifs is 7. The van der Waals surface area contributed by atoms with Crippen LogP contribution in [0.4, 0.5) is 0 Å². The van der Waals surface area contributed by atoms with Gasteiger partial charge in [0.15, 0.2) is 5.78 Å². The summed E-state index contributed by atoms with van der Waals surface area (Å²) in [6.07, 6.45) is 7.95. The molecule has 9 unspecified atom stereocenters. The predicted molar refractivity (Wildman–Crippen MR) is 208 cm³/mol. The third kappa shape index (κ3) is 5.58. The van der Waals surface area contributed by atoms with Gasteiger partial charge in [0, 0.05) is 17.3 Å². The molecule has 1 aromatic carbocycles. The molecule has 0 saturated heterocycles. The number of nitrogens with zero attached hydrogens (tertiary/aromatic N) is 2. The summed E-state index contributed by atoms with van der Waals surface area (Å²) in [5, 5.41) is 20.2. The van der Waals surface area contributed by atoms with Crippen LogP contribution in [0.25, 0.3) is 11.5 Å². The van der Waals surface area contributed by atoms with Crippen LogP contribution in [0.3, 0.4) is 0 Å². The molecule has 5 aliphatic rings. The summed E-state index contributed by atoms with van der Waals surface area (Å²) in [4.78, 5) is 27.5. The number of ketones is 1. The van der Waals surface area contributed by atoms with Gasteiger partial charge >= 0.3 is 5.97 Å². The number of benzene rings is 1. The molecule has 9 atom stereocenters. The van der Waals surface area contributed by atoms with E-state index in [0.29, 0.717) is 35.1 Å². The van der Waals surface area contributed by atoms with Gasteiger partial charge in [0.1, 0.15) is 6.10 Å². The van der Waals surface area contributed by atoms with Crippen LogP contribution in [0.15, 0.2) is 33.8 Å². The Morgan fingerprint density at radius 3 is 2.36 bits per heavy atom. The van der Waals surface area contributed by atoms with Crippen molar-refractivity contribution < 1.29 is 23.8 Å². The number of aliphatic hydroxyl groups is 1. The Balaban J connectivity index is 1.22. The molecule has 1 N–H and O–H groups in total. The molecule has 0 bridgehead atoms. The Labute approximate surface area is 322 Å². The summed E-state index contributed by atoms with van der Waals surface area (Å²) in [6, 6.07) is 5.79. The van der Waals surface area contributed by atoms with E-state index in [1.807, 2.05) is 39.0 Å². The highest BCUT2D eigenvalue weighted by molar-refractivity contribution is 6.33. The first-order valence-corrected chi connectivity index (χ1v) is 20.8. The number of Topliss-reactive ketones (excluding diaryl/α,β-unsaturated/α-hetero) is 1. The summed E-state index contributed by atoms with van der Waals surface area (Å²) < 4.78 is 13.0. The first kappa shape index (κ1) is 38.8. The van der Waals surface area contributed by atoms with Crippen LogP contribution in [-0.4, -0.2) is 39.3 Å². The smallest absolute Gasteiger partial charge is 0.306 e. The van der Waals surface area contributed by atoms with Crippen LogP contribution >= 0.6 is 11.6 Å². The highest BCUT2D eigenvalue weighted by Crippen LogP contribution is 2.77. The lowest BCUT2D eigenvalue weighted by atomic mass is 9.33. The zero-order valence-electron chi connectivity index (χ0n) is 34.1. The van der Waals surface area contributed by atoms with Crippen molar-refractivity contribution in [1.82, 2.24) is 10.2 Å². The number of rotatable bonds is 7. The van der Waals surface area contributed by atoms with Crippen molar-refractivity contribution in [3.8, 4) is 11.5 Å². The van der Waals surface area contributed by atoms with E-state index in [9.17, 15) is 14.7 Å². The third-order valence-electron chi connectivity index (χ3n) is 16.6. The minimum atomic E-state index is -0.591. The highest BCUT2D eigenvalue weighted by Gasteiger charge is 2.71. The SMILES string of the molecule is Cc1cccc(Cl)c1-c1nnc(C23CCC4(C)C(CCC5C6(C)CCC(OC(=O)CC(C)(C)C(C)O)C(C)(C)C6CCC54C)C2=C(C(C)C)C(=O)C3)o1. The van der Waals surface area contributed by atoms with Crippen molar-refractivity contribution in [2.75, 3.05) is 0 Å². The lowest BCUT2D eigenvalue weighted by Crippen LogP contribution is -2.66. The van der Waals surface area contributed by atoms with E-state index >= 15 is 0 Å². The number of aliphatic hydroxyl groups excluding tert-OH is 1. The predicted octanol–water partition coefficient (Wildman–Crippen LogP) is 10.6. The molecule has 290 valence electrons. The molecule has 7 rings (SSSR count). The molecule has 5 aliphatic carbocycles. The van der Waals surface area contributed by atoms with Crippen molar-refractivity contribution in [3.63, 3.8) is 0 Å². The molecule has 2 aromatic rings. The molecule has 1 heterocycles. The maximum absolute atomic E-state index is 14.2. The summed E-state index contributed by atoms with van der Waals surface area (Å²) in [7, 11) is 0. The summed E-state index contributed by atoms with van der Waals surface area (Å²) >= 11 is 6.67. The molecule has 0 spiro atoms. The average molecular weight is 747 g/mol. The molecule has 4 fully saturated rings. The van der Waals surface area contributed by atoms with E-state index in [-0.39, 0.29) is 57.8 Å². The van der Waals surface area contributed by atoms with Gasteiger partial charge in [-0.3, -0.25) is 9.59 Å². The zero-order chi connectivity index (χ0) is 38.7. The Hall–Kier alpha value is -2.51. The second-order valence-electron chi connectivity index (χ2n) is 20.3. The summed E-state index contributed by atoms with van der Waals surface area (Å²) in [6.45, 7) is 24.3. The van der Waals surface area contributed by atoms with Crippen LogP contribution in [0.1, 0.15) is 145 Å². The van der Waals surface area contributed by atoms with Crippen LogP contribution < -0.4 is 0 Å². The van der Waals surface area contributed by atoms with Gasteiger partial charge in [-0.05, 0) is 128 Å². The van der Waals surface area contributed by atoms with Gasteiger partial charge in [-0.2, -0.15) is 0 Å². The number of ether oxygens (including phenoxy) is 1. The van der Waals surface area contributed by atoms with Crippen molar-refractivity contribution in [1.29, 1.82) is 0 Å². The van der Waals surface area contributed by atoms with E-state index in [1.165, 1.54) is 5.57 Å². The molecule has 1 aromatic heterocycles. The van der Waals surface area contributed by atoms with Gasteiger partial charge < -0.3 is 14.3 Å². The second-order valence-corrected chi connectivity index (χ2v) is 20.7. The number of carbonyl (C=O) groups is 2. The fourth-order valence-corrected chi connectivity index (χ4v) is 13.5. The Bertz CT molecular complexity index is 1820. The van der Waals surface area contributed by atoms with Crippen molar-refractivity contribution >= 4 is 23.4 Å². The zero-order valence-corrected chi connectivity index (χ0v) is 34.9. The Morgan fingerprint density at radius 2 is 1.70 bits per heavy atom. The quantitative estimate of drug-likeness (QED) is 0.281. The molecule has 8 heteroatoms. The fraction of sp³-hybridized carbons (Fsp3) is 0.733. The highest BCUT2D eigenvalue weighted by atomic mass is 35.5. The molecule has 53 heavy (non-hydrogen) atoms. The average Bonchev–Trinajstić information content (AvgIpc) is 3.66. The standard InChI is InChI=1S/C45H63ClN2O5/c1-25(2)35-30(50)23-45(39-48-47-38(53-39)36-26(3)13-12-14-29(36)46)22-21-43(10)28(37(35)45)15-16-32-42(9)19-18-33(52-34(51)24-40(5,6)27(4)49)41(7,8)31(42)17-20-44(32,43)11/h12-14,25,27-28,31-33,49H,15-24H2,1-11H3. The number of carbonyl (C=O) groups excluding carboxylic acids is 2. The molecule has 7 nitrogen and oxygen atoms in total. The molecular formula is C45H63ClN2O5. The fourth-order valence-electron chi connectivity index (χ4n) is 13.2. The van der Waals surface area contributed by atoms with E-state index in [4.69, 9.17) is 25.9 Å². The van der Waals surface area contributed by atoms with Crippen molar-refractivity contribution in [2.45, 2.75) is 158 Å². The van der Waals surface area contributed by atoms with Gasteiger partial charge in [0.25, 0.3) is 0 Å². The van der Waals surface area contributed by atoms with Crippen molar-refractivity contribution in [2.24, 2.45) is 50.7 Å². The van der Waals surface area contributed by atoms with Gasteiger partial charge in [0.2, 0.25) is 11.8 Å². The summed E-state index contributed by atoms with van der Waals surface area (Å²) in [5.41, 5.74) is 2.93. The van der Waals surface area contributed by atoms with Crippen LogP contribution in [0.5, 0.6) is 0 Å². The first-order valence-electron chi connectivity index (χ1n) is 20.4. The number of allylic oxidation sites excluding steroid dienone is 2. The molecule has 0 aliphatic heterocycles. The summed E-state index contributed by atoms with van der Waals surface area (Å²) in [5.74, 6) is 2.34. The van der Waals surface area contributed by atoms with Crippen LogP contribution in [0.2, 0.25) is 5.02 Å². The van der Waals surface area contributed by atoms with E-state index in [1.54, 1.807) is 6.92 Å². The van der Waals surface area contributed by atoms with E-state index in [0.717, 1.165) is 68.1 Å². The van der Waals surface area contributed by atoms with Crippen LogP contribution in [0, 0.1) is 57.7 Å². The lowest BCUT2D eigenvalue weighted by Gasteiger charge is -2.72. The Kier molecular flexibility index (Phi) is 9.33. The number of aryl methyl sites for hydroxylation is 1. The number of esters is 1. The third-order valence-corrected chi connectivity index (χ3v) is 17.0. The minimum absolute atomic E-state index is 0.00427. The van der Waals surface area contributed by atoms with E-state index in [2.05, 4.69) is 53.6 Å². The normalized spacial score (nSPS) is 37.1. The first-order chi connectivity index (χ1) is 24.6. The van der Waals surface area contributed by atoms with E-state index < -0.39 is 16.9 Å². The number of halogens is 1. The molecule has 0 amide bonds. The Morgan fingerprint density at radius 1 is 0.981 bits per heavy atom. The monoisotopic (exact) mass is 746 g/mol. The van der Waals surface area contributed by atoms with Gasteiger partial charge in [-0.1, -0.05) is 86.0 Å². The van der Waals surface area contributed by atoms with Crippen molar-refractivity contribution in [3.05, 3.63) is 45.8 Å². The number of hydrogen-bond acceptors (Lipinski definition) is 7. The minimum Gasteiger partial charge on any atom is -0.462 e. The number of aromatic nitrogens is 2. The maximum Gasteiger partial charge on any atom is 0.306 e. The van der Waals surface area contributed by atoms with Gasteiger partial charge in [0.05, 0.1) is 28.5 Å². The molecule has 4 saturated carbocycles. The molecule has 0 radical (unpaired) electrons. The topological polar surface area (TPSA) is 103 Å². The van der Waals surface area contributed by atoms with Gasteiger partial charge in [-0.15, -0.1) is 10.2 Å². The maximum atomic E-state index is 14.2. The number of hydrogen-bond donors (Lipinski definition) is 1. The lowest BCUT2D eigenvalue weighted by molar-refractivity contribution is -0.232.